The fourth-order valence-electron chi connectivity index (χ4n) is 5.27. The second kappa shape index (κ2) is 14.0. The topological polar surface area (TPSA) is 95.9 Å². The highest BCUT2D eigenvalue weighted by atomic mass is 35.5. The molecule has 1 aromatic heterocycles. The molecular formula is C30H36Cl2N4O4S. The van der Waals surface area contributed by atoms with Gasteiger partial charge < -0.3 is 9.84 Å². The molecule has 220 valence electrons. The number of benzene rings is 2. The first kappa shape index (κ1) is 31.2. The molecule has 11 heteroatoms. The molecule has 1 aliphatic heterocycles. The van der Waals surface area contributed by atoms with Gasteiger partial charge in [0, 0.05) is 25.1 Å². The summed E-state index contributed by atoms with van der Waals surface area (Å²) in [5, 5.41) is 19.6. The molecule has 2 fully saturated rings. The van der Waals surface area contributed by atoms with Crippen molar-refractivity contribution in [1.82, 2.24) is 15.1 Å². The second-order valence-electron chi connectivity index (χ2n) is 10.9. The van der Waals surface area contributed by atoms with Gasteiger partial charge in [-0.25, -0.2) is 0 Å². The standard InChI is InChI=1S/C30H35ClN4O4S.ClH/c1-19-15-23(16-20(2)27(19)39-14-13-34-11-9-21(10-12-34)17-26(36)37)28-32-33-30(40-28)35(18-22-7-8-22)29(38)24-5-3-4-6-25(24)31;/h3-6,15-16,21-22H,7-14,17-18H2,1-2H3,(H,36,37);1H. The predicted octanol–water partition coefficient (Wildman–Crippen LogP) is 6.52. The summed E-state index contributed by atoms with van der Waals surface area (Å²) in [7, 11) is 0. The monoisotopic (exact) mass is 618 g/mol. The number of hydrogen-bond acceptors (Lipinski definition) is 7. The zero-order chi connectivity index (χ0) is 28.2. The number of hydrogen-bond donors (Lipinski definition) is 1. The summed E-state index contributed by atoms with van der Waals surface area (Å²) in [6.07, 6.45) is 4.33. The van der Waals surface area contributed by atoms with Crippen molar-refractivity contribution in [3.63, 3.8) is 0 Å². The quantitative estimate of drug-likeness (QED) is 0.261. The maximum atomic E-state index is 13.4. The van der Waals surface area contributed by atoms with Crippen LogP contribution in [0.2, 0.25) is 5.02 Å². The Bertz CT molecular complexity index is 1350. The predicted molar refractivity (Wildman–Crippen MR) is 165 cm³/mol. The number of halogens is 2. The molecule has 8 nitrogen and oxygen atoms in total. The van der Waals surface area contributed by atoms with Gasteiger partial charge in [-0.2, -0.15) is 0 Å². The Balaban J connectivity index is 0.00000387. The van der Waals surface area contributed by atoms with Crippen LogP contribution in [0.15, 0.2) is 36.4 Å². The average molecular weight is 620 g/mol. The highest BCUT2D eigenvalue weighted by molar-refractivity contribution is 7.18. The molecule has 1 saturated carbocycles. The number of nitrogens with zero attached hydrogens (tertiary/aromatic N) is 4. The first-order valence-corrected chi connectivity index (χ1v) is 15.1. The molecule has 0 bridgehead atoms. The number of aliphatic carboxylic acids is 1. The highest BCUT2D eigenvalue weighted by Crippen LogP contribution is 2.37. The second-order valence-corrected chi connectivity index (χ2v) is 12.3. The molecule has 0 unspecified atom stereocenters. The summed E-state index contributed by atoms with van der Waals surface area (Å²) in [4.78, 5) is 28.5. The minimum absolute atomic E-state index is 0. The van der Waals surface area contributed by atoms with Crippen LogP contribution in [0.25, 0.3) is 10.6 Å². The fourth-order valence-corrected chi connectivity index (χ4v) is 6.32. The van der Waals surface area contributed by atoms with Crippen molar-refractivity contribution in [2.24, 2.45) is 11.8 Å². The Hall–Kier alpha value is -2.72. The fraction of sp³-hybridized carbons (Fsp3) is 0.467. The summed E-state index contributed by atoms with van der Waals surface area (Å²) in [5.41, 5.74) is 3.46. The van der Waals surface area contributed by atoms with Crippen LogP contribution in [0.4, 0.5) is 5.13 Å². The third-order valence-electron chi connectivity index (χ3n) is 7.66. The van der Waals surface area contributed by atoms with Crippen molar-refractivity contribution in [2.45, 2.75) is 46.0 Å². The molecule has 0 atom stereocenters. The van der Waals surface area contributed by atoms with E-state index in [-0.39, 0.29) is 30.7 Å². The smallest absolute Gasteiger partial charge is 0.303 e. The lowest BCUT2D eigenvalue weighted by molar-refractivity contribution is -0.138. The van der Waals surface area contributed by atoms with Gasteiger partial charge in [0.15, 0.2) is 0 Å². The molecule has 2 aliphatic rings. The number of rotatable bonds is 11. The van der Waals surface area contributed by atoms with Crippen LogP contribution in [0.5, 0.6) is 5.75 Å². The van der Waals surface area contributed by atoms with Gasteiger partial charge in [0.05, 0.1) is 10.6 Å². The summed E-state index contributed by atoms with van der Waals surface area (Å²) in [6, 6.07) is 11.2. The van der Waals surface area contributed by atoms with E-state index in [9.17, 15) is 9.59 Å². The van der Waals surface area contributed by atoms with Crippen LogP contribution >= 0.6 is 35.3 Å². The van der Waals surface area contributed by atoms with E-state index in [4.69, 9.17) is 21.4 Å². The minimum Gasteiger partial charge on any atom is -0.492 e. The molecule has 1 amide bonds. The lowest BCUT2D eigenvalue weighted by Crippen LogP contribution is -2.37. The van der Waals surface area contributed by atoms with Gasteiger partial charge in [-0.3, -0.25) is 19.4 Å². The van der Waals surface area contributed by atoms with Crippen molar-refractivity contribution >= 4 is 52.4 Å². The van der Waals surface area contributed by atoms with Crippen molar-refractivity contribution in [1.29, 1.82) is 0 Å². The molecular weight excluding hydrogens is 583 g/mol. The van der Waals surface area contributed by atoms with Crippen molar-refractivity contribution in [3.05, 3.63) is 58.1 Å². The molecule has 2 aromatic carbocycles. The molecule has 41 heavy (non-hydrogen) atoms. The highest BCUT2D eigenvalue weighted by Gasteiger charge is 2.31. The summed E-state index contributed by atoms with van der Waals surface area (Å²) >= 11 is 7.75. The van der Waals surface area contributed by atoms with Crippen molar-refractivity contribution in [2.75, 3.05) is 37.7 Å². The lowest BCUT2D eigenvalue weighted by Gasteiger charge is -2.31. The van der Waals surface area contributed by atoms with Crippen molar-refractivity contribution < 1.29 is 19.4 Å². The van der Waals surface area contributed by atoms with Crippen LogP contribution in [-0.2, 0) is 4.79 Å². The molecule has 3 aromatic rings. The van der Waals surface area contributed by atoms with Crippen LogP contribution in [0.3, 0.4) is 0 Å². The number of carbonyl (C=O) groups excluding carboxylic acids is 1. The van der Waals surface area contributed by atoms with Gasteiger partial charge in [-0.1, -0.05) is 35.1 Å². The zero-order valence-electron chi connectivity index (χ0n) is 23.3. The van der Waals surface area contributed by atoms with E-state index in [1.807, 2.05) is 26.0 Å². The maximum absolute atomic E-state index is 13.4. The zero-order valence-corrected chi connectivity index (χ0v) is 25.7. The summed E-state index contributed by atoms with van der Waals surface area (Å²) in [6.45, 7) is 7.89. The van der Waals surface area contributed by atoms with E-state index in [0.717, 1.165) is 72.8 Å². The van der Waals surface area contributed by atoms with E-state index in [2.05, 4.69) is 27.2 Å². The largest absolute Gasteiger partial charge is 0.492 e. The first-order valence-electron chi connectivity index (χ1n) is 13.9. The Morgan fingerprint density at radius 1 is 1.07 bits per heavy atom. The number of anilines is 1. The Morgan fingerprint density at radius 3 is 2.39 bits per heavy atom. The third kappa shape index (κ3) is 7.97. The average Bonchev–Trinajstić information content (AvgIpc) is 3.62. The van der Waals surface area contributed by atoms with Gasteiger partial charge in [0.2, 0.25) is 5.13 Å². The van der Waals surface area contributed by atoms with Crippen LogP contribution < -0.4 is 9.64 Å². The first-order chi connectivity index (χ1) is 19.3. The Labute approximate surface area is 256 Å². The SMILES string of the molecule is Cc1cc(-c2nnc(N(CC3CC3)C(=O)c3ccccc3Cl)s2)cc(C)c1OCCN1CCC(CC(=O)O)CC1.Cl. The van der Waals surface area contributed by atoms with Gasteiger partial charge in [0.25, 0.3) is 5.91 Å². The number of amides is 1. The number of likely N-dealkylation sites (tertiary alicyclic amines) is 1. The van der Waals surface area contributed by atoms with E-state index in [0.29, 0.717) is 34.8 Å². The third-order valence-corrected chi connectivity index (χ3v) is 8.99. The van der Waals surface area contributed by atoms with Gasteiger partial charge in [0.1, 0.15) is 17.4 Å². The number of carbonyl (C=O) groups is 2. The normalized spacial score (nSPS) is 15.8. The molecule has 0 radical (unpaired) electrons. The number of ether oxygens (including phenoxy) is 1. The molecule has 1 saturated heterocycles. The van der Waals surface area contributed by atoms with E-state index >= 15 is 0 Å². The van der Waals surface area contributed by atoms with E-state index in [1.165, 1.54) is 11.3 Å². The summed E-state index contributed by atoms with van der Waals surface area (Å²) < 4.78 is 6.20. The Morgan fingerprint density at radius 2 is 1.76 bits per heavy atom. The van der Waals surface area contributed by atoms with Crippen LogP contribution in [0.1, 0.15) is 53.6 Å². The lowest BCUT2D eigenvalue weighted by atomic mass is 9.94. The van der Waals surface area contributed by atoms with E-state index < -0.39 is 5.97 Å². The molecule has 0 spiro atoms. The molecule has 5 rings (SSSR count). The van der Waals surface area contributed by atoms with Crippen molar-refractivity contribution in [3.8, 4) is 16.3 Å². The van der Waals surface area contributed by atoms with Crippen LogP contribution in [0, 0.1) is 25.7 Å². The number of piperidine rings is 1. The number of aromatic nitrogens is 2. The number of aryl methyl sites for hydroxylation is 2. The number of carboxylic acids is 1. The maximum Gasteiger partial charge on any atom is 0.303 e. The van der Waals surface area contributed by atoms with Gasteiger partial charge in [-0.15, -0.1) is 22.6 Å². The summed E-state index contributed by atoms with van der Waals surface area (Å²) in [5.74, 6) is 0.779. The Kier molecular flexibility index (Phi) is 10.6. The molecule has 1 N–H and O–H groups in total. The van der Waals surface area contributed by atoms with Gasteiger partial charge >= 0.3 is 5.97 Å². The molecule has 2 heterocycles. The van der Waals surface area contributed by atoms with Crippen LogP contribution in [-0.4, -0.2) is 64.9 Å². The minimum atomic E-state index is -0.706. The van der Waals surface area contributed by atoms with E-state index in [1.54, 1.807) is 17.0 Å². The molecule has 1 aliphatic carbocycles. The van der Waals surface area contributed by atoms with Gasteiger partial charge in [-0.05, 0) is 99.8 Å². The number of carboxylic acid groups (broad SMARTS) is 1.